The maximum atomic E-state index is 3.29. The van der Waals surface area contributed by atoms with Crippen molar-refractivity contribution >= 4 is 5.69 Å². The second-order valence-corrected chi connectivity index (χ2v) is 4.10. The van der Waals surface area contributed by atoms with Crippen LogP contribution in [0, 0.1) is 5.92 Å². The molecule has 0 aliphatic heterocycles. The van der Waals surface area contributed by atoms with E-state index in [0.717, 1.165) is 18.0 Å². The molecule has 1 aromatic carbocycles. The van der Waals surface area contributed by atoms with E-state index in [0.29, 0.717) is 0 Å². The summed E-state index contributed by atoms with van der Waals surface area (Å²) in [5.41, 5.74) is 2.54. The Labute approximate surface area is 86.8 Å². The van der Waals surface area contributed by atoms with Crippen LogP contribution in [-0.2, 0) is 0 Å². The van der Waals surface area contributed by atoms with E-state index in [2.05, 4.69) is 44.4 Å². The molecule has 0 bridgehead atoms. The molecule has 76 valence electrons. The van der Waals surface area contributed by atoms with Gasteiger partial charge in [0.2, 0.25) is 0 Å². The van der Waals surface area contributed by atoms with E-state index < -0.39 is 0 Å². The molecule has 1 N–H and O–H groups in total. The molecule has 0 fully saturated rings. The average molecular weight is 189 g/mol. The normalized spacial score (nSPS) is 11.9. The predicted molar refractivity (Wildman–Crippen MR) is 63.3 cm³/mol. The topological polar surface area (TPSA) is 12.0 Å². The van der Waals surface area contributed by atoms with Crippen LogP contribution in [0.25, 0.3) is 0 Å². The van der Waals surface area contributed by atoms with Crippen molar-refractivity contribution in [3.8, 4) is 0 Å². The van der Waals surface area contributed by atoms with E-state index in [1.54, 1.807) is 0 Å². The average Bonchev–Trinajstić information content (AvgIpc) is 2.15. The van der Waals surface area contributed by atoms with Gasteiger partial charge in [0.05, 0.1) is 0 Å². The Kier molecular flexibility index (Phi) is 4.24. The van der Waals surface area contributed by atoms with Crippen molar-refractivity contribution < 1.29 is 0 Å². The van der Waals surface area contributed by atoms with Crippen LogP contribution < -0.4 is 5.32 Å². The smallest absolute Gasteiger partial charge is 0.0379 e. The summed E-state index contributed by atoms with van der Waals surface area (Å²) >= 11 is 0. The third-order valence-electron chi connectivity index (χ3n) is 1.99. The summed E-state index contributed by atoms with van der Waals surface area (Å²) in [6.45, 7) is 6.63. The predicted octanol–water partition coefficient (Wildman–Crippen LogP) is 4.05. The van der Waals surface area contributed by atoms with Crippen molar-refractivity contribution in [1.29, 1.82) is 0 Å². The minimum atomic E-state index is 0.726. The number of benzene rings is 1. The Bertz CT molecular complexity index is 285. The lowest BCUT2D eigenvalue weighted by Gasteiger charge is -2.06. The molecule has 0 heterocycles. The summed E-state index contributed by atoms with van der Waals surface area (Å²) in [4.78, 5) is 0. The van der Waals surface area contributed by atoms with Crippen molar-refractivity contribution in [1.82, 2.24) is 0 Å². The monoisotopic (exact) mass is 189 g/mol. The molecule has 1 heteroatoms. The highest BCUT2D eigenvalue weighted by Gasteiger charge is 1.94. The van der Waals surface area contributed by atoms with E-state index in [1.807, 2.05) is 18.2 Å². The van der Waals surface area contributed by atoms with E-state index in [-0.39, 0.29) is 0 Å². The van der Waals surface area contributed by atoms with E-state index in [9.17, 15) is 0 Å². The van der Waals surface area contributed by atoms with Crippen LogP contribution >= 0.6 is 0 Å². The van der Waals surface area contributed by atoms with Gasteiger partial charge in [0.25, 0.3) is 0 Å². The van der Waals surface area contributed by atoms with Gasteiger partial charge in [0, 0.05) is 5.69 Å². The Hall–Kier alpha value is -1.24. The quantitative estimate of drug-likeness (QED) is 0.753. The summed E-state index contributed by atoms with van der Waals surface area (Å²) < 4.78 is 0. The molecule has 0 saturated heterocycles. The number of para-hydroxylation sites is 1. The van der Waals surface area contributed by atoms with Crippen molar-refractivity contribution in [3.05, 3.63) is 42.1 Å². The summed E-state index contributed by atoms with van der Waals surface area (Å²) in [5.74, 6) is 0.726. The lowest BCUT2D eigenvalue weighted by molar-refractivity contribution is 0.642. The largest absolute Gasteiger partial charge is 0.362 e. The van der Waals surface area contributed by atoms with Crippen molar-refractivity contribution in [2.45, 2.75) is 27.2 Å². The van der Waals surface area contributed by atoms with Gasteiger partial charge < -0.3 is 5.32 Å². The van der Waals surface area contributed by atoms with E-state index in [1.165, 1.54) is 5.57 Å². The molecule has 14 heavy (non-hydrogen) atoms. The van der Waals surface area contributed by atoms with Gasteiger partial charge in [-0.1, -0.05) is 37.6 Å². The lowest BCUT2D eigenvalue weighted by Crippen LogP contribution is -1.93. The summed E-state index contributed by atoms with van der Waals surface area (Å²) in [6, 6.07) is 10.2. The van der Waals surface area contributed by atoms with Crippen LogP contribution in [0.3, 0.4) is 0 Å². The fraction of sp³-hybridized carbons (Fsp3) is 0.385. The van der Waals surface area contributed by atoms with Gasteiger partial charge in [-0.05, 0) is 37.6 Å². The van der Waals surface area contributed by atoms with Gasteiger partial charge in [-0.15, -0.1) is 0 Å². The third kappa shape index (κ3) is 4.13. The van der Waals surface area contributed by atoms with Crippen LogP contribution in [0.15, 0.2) is 42.1 Å². The third-order valence-corrected chi connectivity index (χ3v) is 1.99. The highest BCUT2D eigenvalue weighted by Crippen LogP contribution is 2.11. The van der Waals surface area contributed by atoms with Gasteiger partial charge >= 0.3 is 0 Å². The highest BCUT2D eigenvalue weighted by atomic mass is 14.8. The SMILES string of the molecule is C/C(=C\Nc1ccccc1)CC(C)C. The molecule has 0 radical (unpaired) electrons. The summed E-state index contributed by atoms with van der Waals surface area (Å²) in [6.07, 6.45) is 3.25. The highest BCUT2D eigenvalue weighted by molar-refractivity contribution is 5.45. The van der Waals surface area contributed by atoms with Crippen LogP contribution in [0.5, 0.6) is 0 Å². The zero-order valence-corrected chi connectivity index (χ0v) is 9.25. The van der Waals surface area contributed by atoms with Gasteiger partial charge in [-0.3, -0.25) is 0 Å². The molecule has 0 aliphatic carbocycles. The molecule has 1 aromatic rings. The van der Waals surface area contributed by atoms with Gasteiger partial charge in [0.1, 0.15) is 0 Å². The number of rotatable bonds is 4. The van der Waals surface area contributed by atoms with Crippen molar-refractivity contribution in [2.24, 2.45) is 5.92 Å². The first-order chi connectivity index (χ1) is 6.68. The molecule has 0 saturated carbocycles. The van der Waals surface area contributed by atoms with E-state index in [4.69, 9.17) is 0 Å². The molecule has 1 nitrogen and oxygen atoms in total. The first-order valence-electron chi connectivity index (χ1n) is 5.15. The molecule has 0 aromatic heterocycles. The van der Waals surface area contributed by atoms with Crippen molar-refractivity contribution in [2.75, 3.05) is 5.32 Å². The number of hydrogen-bond donors (Lipinski definition) is 1. The molecule has 0 unspecified atom stereocenters. The van der Waals surface area contributed by atoms with Crippen LogP contribution in [-0.4, -0.2) is 0 Å². The number of allylic oxidation sites excluding steroid dienone is 1. The second-order valence-electron chi connectivity index (χ2n) is 4.10. The molecule has 0 amide bonds. The fourth-order valence-corrected chi connectivity index (χ4v) is 1.44. The number of hydrogen-bond acceptors (Lipinski definition) is 1. The fourth-order valence-electron chi connectivity index (χ4n) is 1.44. The minimum Gasteiger partial charge on any atom is -0.362 e. The maximum Gasteiger partial charge on any atom is 0.0379 e. The van der Waals surface area contributed by atoms with Crippen LogP contribution in [0.4, 0.5) is 5.69 Å². The first-order valence-corrected chi connectivity index (χ1v) is 5.15. The molecule has 0 aliphatic rings. The summed E-state index contributed by atoms with van der Waals surface area (Å²) in [7, 11) is 0. The zero-order chi connectivity index (χ0) is 10.4. The standard InChI is InChI=1S/C13H19N/c1-11(2)9-12(3)10-14-13-7-5-4-6-8-13/h4-8,10-11,14H,9H2,1-3H3/b12-10+. The lowest BCUT2D eigenvalue weighted by atomic mass is 10.1. The summed E-state index contributed by atoms with van der Waals surface area (Å²) in [5, 5.41) is 3.29. The minimum absolute atomic E-state index is 0.726. The number of anilines is 1. The van der Waals surface area contributed by atoms with Crippen LogP contribution in [0.1, 0.15) is 27.2 Å². The Balaban J connectivity index is 2.47. The Morgan fingerprint density at radius 3 is 2.50 bits per heavy atom. The Morgan fingerprint density at radius 2 is 1.93 bits per heavy atom. The second kappa shape index (κ2) is 5.48. The van der Waals surface area contributed by atoms with Crippen molar-refractivity contribution in [3.63, 3.8) is 0 Å². The van der Waals surface area contributed by atoms with Gasteiger partial charge in [0.15, 0.2) is 0 Å². The zero-order valence-electron chi connectivity index (χ0n) is 9.25. The number of nitrogens with one attached hydrogen (secondary N) is 1. The first kappa shape index (κ1) is 10.8. The van der Waals surface area contributed by atoms with Crippen LogP contribution in [0.2, 0.25) is 0 Å². The van der Waals surface area contributed by atoms with Gasteiger partial charge in [-0.2, -0.15) is 0 Å². The Morgan fingerprint density at radius 1 is 1.29 bits per heavy atom. The maximum absolute atomic E-state index is 3.29. The van der Waals surface area contributed by atoms with E-state index >= 15 is 0 Å². The van der Waals surface area contributed by atoms with Gasteiger partial charge in [-0.25, -0.2) is 0 Å². The molecule has 0 spiro atoms. The molecule has 0 atom stereocenters. The molecular formula is C13H19N. The molecular weight excluding hydrogens is 170 g/mol. The molecule has 1 rings (SSSR count).